The third-order valence-electron chi connectivity index (χ3n) is 2.74. The van der Waals surface area contributed by atoms with Crippen LogP contribution in [0.4, 0.5) is 4.39 Å². The van der Waals surface area contributed by atoms with Crippen LogP contribution in [0.5, 0.6) is 0 Å². The van der Waals surface area contributed by atoms with E-state index in [-0.39, 0.29) is 5.82 Å². The molecule has 3 rings (SSSR count). The van der Waals surface area contributed by atoms with E-state index >= 15 is 0 Å². The summed E-state index contributed by atoms with van der Waals surface area (Å²) in [6.07, 6.45) is 1.72. The zero-order valence-electron chi connectivity index (χ0n) is 9.26. The van der Waals surface area contributed by atoms with Crippen molar-refractivity contribution < 1.29 is 4.39 Å². The lowest BCUT2D eigenvalue weighted by molar-refractivity contribution is 0.629. The van der Waals surface area contributed by atoms with Gasteiger partial charge in [-0.2, -0.15) is 0 Å². The molecule has 0 aliphatic rings. The number of nitrogens with zero attached hydrogens (tertiary/aromatic N) is 3. The van der Waals surface area contributed by atoms with Crippen LogP contribution in [0.2, 0.25) is 0 Å². The molecule has 3 aromatic rings. The van der Waals surface area contributed by atoms with E-state index in [0.29, 0.717) is 0 Å². The van der Waals surface area contributed by atoms with Crippen LogP contribution in [0.3, 0.4) is 0 Å². The molecule has 0 unspecified atom stereocenters. The normalized spacial score (nSPS) is 10.9. The van der Waals surface area contributed by atoms with Crippen molar-refractivity contribution in [3.63, 3.8) is 0 Å². The SMILES string of the molecule is Cn1c(-c2ccccn2)nc2ccc(F)cc21. The van der Waals surface area contributed by atoms with E-state index in [4.69, 9.17) is 0 Å². The first kappa shape index (κ1) is 9.96. The van der Waals surface area contributed by atoms with Crippen LogP contribution in [-0.2, 0) is 7.05 Å². The Hall–Kier alpha value is -2.23. The minimum atomic E-state index is -0.256. The van der Waals surface area contributed by atoms with E-state index in [1.807, 2.05) is 29.8 Å². The molecule has 3 nitrogen and oxygen atoms in total. The summed E-state index contributed by atoms with van der Waals surface area (Å²) in [6, 6.07) is 10.2. The highest BCUT2D eigenvalue weighted by Gasteiger charge is 2.10. The van der Waals surface area contributed by atoms with Gasteiger partial charge in [0, 0.05) is 13.2 Å². The van der Waals surface area contributed by atoms with Crippen molar-refractivity contribution in [2.45, 2.75) is 0 Å². The molecule has 84 valence electrons. The lowest BCUT2D eigenvalue weighted by Crippen LogP contribution is -1.94. The molecule has 0 fully saturated rings. The molecule has 17 heavy (non-hydrogen) atoms. The van der Waals surface area contributed by atoms with E-state index in [0.717, 1.165) is 22.6 Å². The van der Waals surface area contributed by atoms with Gasteiger partial charge in [0.05, 0.1) is 11.0 Å². The summed E-state index contributed by atoms with van der Waals surface area (Å²) < 4.78 is 15.0. The zero-order chi connectivity index (χ0) is 11.8. The summed E-state index contributed by atoms with van der Waals surface area (Å²) in [5.41, 5.74) is 2.33. The molecule has 0 saturated carbocycles. The molecule has 0 spiro atoms. The summed E-state index contributed by atoms with van der Waals surface area (Å²) in [6.45, 7) is 0. The van der Waals surface area contributed by atoms with Crippen LogP contribution in [0.1, 0.15) is 0 Å². The number of aryl methyl sites for hydroxylation is 1. The minimum absolute atomic E-state index is 0.256. The third kappa shape index (κ3) is 1.58. The third-order valence-corrected chi connectivity index (χ3v) is 2.74. The van der Waals surface area contributed by atoms with E-state index in [9.17, 15) is 4.39 Å². The Labute approximate surface area is 97.6 Å². The second kappa shape index (κ2) is 3.66. The molecule has 1 aromatic carbocycles. The Morgan fingerprint density at radius 2 is 2.06 bits per heavy atom. The van der Waals surface area contributed by atoms with Crippen LogP contribution in [-0.4, -0.2) is 14.5 Å². The maximum Gasteiger partial charge on any atom is 0.159 e. The molecule has 4 heteroatoms. The number of hydrogen-bond acceptors (Lipinski definition) is 2. The fourth-order valence-corrected chi connectivity index (χ4v) is 1.89. The van der Waals surface area contributed by atoms with Gasteiger partial charge >= 0.3 is 0 Å². The maximum atomic E-state index is 13.2. The summed E-state index contributed by atoms with van der Waals surface area (Å²) in [7, 11) is 1.86. The quantitative estimate of drug-likeness (QED) is 0.640. The fraction of sp³-hybridized carbons (Fsp3) is 0.0769. The van der Waals surface area contributed by atoms with Gasteiger partial charge in [-0.15, -0.1) is 0 Å². The zero-order valence-corrected chi connectivity index (χ0v) is 9.26. The number of pyridine rings is 1. The highest BCUT2D eigenvalue weighted by Crippen LogP contribution is 2.22. The van der Waals surface area contributed by atoms with Gasteiger partial charge in [-0.1, -0.05) is 6.07 Å². The lowest BCUT2D eigenvalue weighted by atomic mass is 10.3. The standard InChI is InChI=1S/C13H10FN3/c1-17-12-8-9(14)5-6-10(12)16-13(17)11-4-2-3-7-15-11/h2-8H,1H3. The Balaban J connectivity index is 2.28. The molecule has 0 radical (unpaired) electrons. The smallest absolute Gasteiger partial charge is 0.159 e. The van der Waals surface area contributed by atoms with Gasteiger partial charge in [0.2, 0.25) is 0 Å². The lowest BCUT2D eigenvalue weighted by Gasteiger charge is -2.00. The van der Waals surface area contributed by atoms with E-state index in [1.54, 1.807) is 12.3 Å². The van der Waals surface area contributed by atoms with Crippen LogP contribution in [0, 0.1) is 5.82 Å². The van der Waals surface area contributed by atoms with Crippen LogP contribution >= 0.6 is 0 Å². The highest BCUT2D eigenvalue weighted by molar-refractivity contribution is 5.79. The van der Waals surface area contributed by atoms with Crippen molar-refractivity contribution in [1.29, 1.82) is 0 Å². The molecule has 0 aliphatic carbocycles. The van der Waals surface area contributed by atoms with Gasteiger partial charge in [-0.05, 0) is 30.3 Å². The first-order chi connectivity index (χ1) is 8.25. The number of rotatable bonds is 1. The molecule has 2 heterocycles. The van der Waals surface area contributed by atoms with Crippen molar-refractivity contribution >= 4 is 11.0 Å². The van der Waals surface area contributed by atoms with E-state index in [2.05, 4.69) is 9.97 Å². The van der Waals surface area contributed by atoms with Gasteiger partial charge in [0.15, 0.2) is 5.82 Å². The Morgan fingerprint density at radius 1 is 1.18 bits per heavy atom. The van der Waals surface area contributed by atoms with Crippen LogP contribution in [0.25, 0.3) is 22.6 Å². The highest BCUT2D eigenvalue weighted by atomic mass is 19.1. The average molecular weight is 227 g/mol. The van der Waals surface area contributed by atoms with Crippen molar-refractivity contribution in [3.05, 3.63) is 48.4 Å². The molecule has 0 bridgehead atoms. The van der Waals surface area contributed by atoms with Crippen LogP contribution in [0.15, 0.2) is 42.6 Å². The Kier molecular flexibility index (Phi) is 2.14. The molecule has 2 aromatic heterocycles. The van der Waals surface area contributed by atoms with Crippen molar-refractivity contribution in [2.75, 3.05) is 0 Å². The topological polar surface area (TPSA) is 30.7 Å². The van der Waals surface area contributed by atoms with Gasteiger partial charge in [-0.25, -0.2) is 9.37 Å². The summed E-state index contributed by atoms with van der Waals surface area (Å²) >= 11 is 0. The minimum Gasteiger partial charge on any atom is -0.326 e. The van der Waals surface area contributed by atoms with Crippen LogP contribution < -0.4 is 0 Å². The Bertz CT molecular complexity index is 674. The van der Waals surface area contributed by atoms with E-state index < -0.39 is 0 Å². The molecule has 0 atom stereocenters. The summed E-state index contributed by atoms with van der Waals surface area (Å²) in [4.78, 5) is 8.71. The molecule has 0 saturated heterocycles. The number of benzene rings is 1. The average Bonchev–Trinajstić information content (AvgIpc) is 2.68. The maximum absolute atomic E-state index is 13.2. The molecule has 0 aliphatic heterocycles. The van der Waals surface area contributed by atoms with Crippen molar-refractivity contribution in [2.24, 2.45) is 7.05 Å². The Morgan fingerprint density at radius 3 is 2.82 bits per heavy atom. The first-order valence-electron chi connectivity index (χ1n) is 5.29. The predicted octanol–water partition coefficient (Wildman–Crippen LogP) is 2.77. The summed E-state index contributed by atoms with van der Waals surface area (Å²) in [5, 5.41) is 0. The number of halogens is 1. The first-order valence-corrected chi connectivity index (χ1v) is 5.29. The van der Waals surface area contributed by atoms with Crippen molar-refractivity contribution in [1.82, 2.24) is 14.5 Å². The van der Waals surface area contributed by atoms with Crippen molar-refractivity contribution in [3.8, 4) is 11.5 Å². The molecule has 0 N–H and O–H groups in total. The molecular formula is C13H10FN3. The number of imidazole rings is 1. The predicted molar refractivity (Wildman–Crippen MR) is 63.9 cm³/mol. The summed E-state index contributed by atoms with van der Waals surface area (Å²) in [5.74, 6) is 0.485. The van der Waals surface area contributed by atoms with Gasteiger partial charge < -0.3 is 4.57 Å². The number of hydrogen-bond donors (Lipinski definition) is 0. The van der Waals surface area contributed by atoms with Gasteiger partial charge in [-0.3, -0.25) is 4.98 Å². The number of aromatic nitrogens is 3. The van der Waals surface area contributed by atoms with Gasteiger partial charge in [0.25, 0.3) is 0 Å². The van der Waals surface area contributed by atoms with Gasteiger partial charge in [0.1, 0.15) is 11.5 Å². The largest absolute Gasteiger partial charge is 0.326 e. The molecular weight excluding hydrogens is 217 g/mol. The number of fused-ring (bicyclic) bond motifs is 1. The second-order valence-electron chi connectivity index (χ2n) is 3.84. The fourth-order valence-electron chi connectivity index (χ4n) is 1.89. The monoisotopic (exact) mass is 227 g/mol. The molecule has 0 amide bonds. The second-order valence-corrected chi connectivity index (χ2v) is 3.84. The van der Waals surface area contributed by atoms with E-state index in [1.165, 1.54) is 12.1 Å².